The topological polar surface area (TPSA) is 51.6 Å². The SMILES string of the molecule is CCC(CC)C(O)c1cc(C)nc(Oc2c(C)cc(Cl)cc2Cl)c1OC. The smallest absolute Gasteiger partial charge is 0.263 e. The Morgan fingerprint density at radius 2 is 1.73 bits per heavy atom. The zero-order valence-electron chi connectivity index (χ0n) is 15.8. The minimum Gasteiger partial charge on any atom is -0.491 e. The highest BCUT2D eigenvalue weighted by molar-refractivity contribution is 6.35. The standard InChI is InChI=1S/C20H25Cl2NO3/c1-6-13(7-2)17(24)15-9-12(4)23-20(19(15)25-5)26-18-11(3)8-14(21)10-16(18)22/h8-10,13,17,24H,6-7H2,1-5H3. The Bertz CT molecular complexity index is 753. The van der Waals surface area contributed by atoms with Crippen LogP contribution in [0.4, 0.5) is 0 Å². The molecule has 6 heteroatoms. The largest absolute Gasteiger partial charge is 0.491 e. The fourth-order valence-corrected chi connectivity index (χ4v) is 3.69. The molecule has 26 heavy (non-hydrogen) atoms. The fourth-order valence-electron chi connectivity index (χ4n) is 3.06. The molecule has 0 saturated carbocycles. The van der Waals surface area contributed by atoms with Gasteiger partial charge >= 0.3 is 0 Å². The number of aromatic nitrogens is 1. The zero-order valence-corrected chi connectivity index (χ0v) is 17.3. The van der Waals surface area contributed by atoms with Crippen LogP contribution in [-0.4, -0.2) is 17.2 Å². The van der Waals surface area contributed by atoms with Crippen molar-refractivity contribution in [3.8, 4) is 17.4 Å². The van der Waals surface area contributed by atoms with Gasteiger partial charge in [-0.15, -0.1) is 0 Å². The van der Waals surface area contributed by atoms with Crippen molar-refractivity contribution < 1.29 is 14.6 Å². The monoisotopic (exact) mass is 397 g/mol. The second-order valence-electron chi connectivity index (χ2n) is 6.35. The fraction of sp³-hybridized carbons (Fsp3) is 0.450. The number of ether oxygens (including phenoxy) is 2. The summed E-state index contributed by atoms with van der Waals surface area (Å²) < 4.78 is 11.5. The molecule has 0 aliphatic rings. The molecule has 1 unspecified atom stereocenters. The van der Waals surface area contributed by atoms with E-state index in [2.05, 4.69) is 18.8 Å². The summed E-state index contributed by atoms with van der Waals surface area (Å²) in [5.41, 5.74) is 2.19. The molecule has 2 rings (SSSR count). The normalized spacial score (nSPS) is 12.3. The second kappa shape index (κ2) is 8.94. The Morgan fingerprint density at radius 1 is 1.08 bits per heavy atom. The van der Waals surface area contributed by atoms with Crippen LogP contribution < -0.4 is 9.47 Å². The Labute approximate surface area is 165 Å². The van der Waals surface area contributed by atoms with Crippen molar-refractivity contribution in [3.63, 3.8) is 0 Å². The highest BCUT2D eigenvalue weighted by Crippen LogP contribution is 2.42. The highest BCUT2D eigenvalue weighted by Gasteiger charge is 2.25. The third kappa shape index (κ3) is 4.43. The van der Waals surface area contributed by atoms with E-state index >= 15 is 0 Å². The first-order chi connectivity index (χ1) is 12.3. The van der Waals surface area contributed by atoms with Crippen molar-refractivity contribution in [1.29, 1.82) is 0 Å². The first kappa shape index (κ1) is 20.8. The minimum absolute atomic E-state index is 0.124. The number of rotatable bonds is 7. The summed E-state index contributed by atoms with van der Waals surface area (Å²) in [6.45, 7) is 7.83. The van der Waals surface area contributed by atoms with Crippen LogP contribution in [0.25, 0.3) is 0 Å². The van der Waals surface area contributed by atoms with Crippen molar-refractivity contribution in [2.75, 3.05) is 7.11 Å². The quantitative estimate of drug-likeness (QED) is 0.597. The summed E-state index contributed by atoms with van der Waals surface area (Å²) in [7, 11) is 1.54. The maximum atomic E-state index is 10.8. The van der Waals surface area contributed by atoms with E-state index in [1.807, 2.05) is 19.9 Å². The van der Waals surface area contributed by atoms with Crippen molar-refractivity contribution in [2.24, 2.45) is 5.92 Å². The number of aliphatic hydroxyl groups is 1. The maximum absolute atomic E-state index is 10.8. The highest BCUT2D eigenvalue weighted by atomic mass is 35.5. The predicted octanol–water partition coefficient (Wildman–Crippen LogP) is 6.28. The van der Waals surface area contributed by atoms with Crippen LogP contribution in [0.5, 0.6) is 17.4 Å². The first-order valence-corrected chi connectivity index (χ1v) is 9.44. The number of nitrogens with zero attached hydrogens (tertiary/aromatic N) is 1. The molecule has 0 fully saturated rings. The van der Waals surface area contributed by atoms with Gasteiger partial charge in [0.05, 0.1) is 18.2 Å². The van der Waals surface area contributed by atoms with Crippen LogP contribution in [0.1, 0.15) is 49.6 Å². The van der Waals surface area contributed by atoms with Gasteiger partial charge in [0, 0.05) is 16.3 Å². The molecule has 4 nitrogen and oxygen atoms in total. The van der Waals surface area contributed by atoms with Crippen molar-refractivity contribution in [1.82, 2.24) is 4.98 Å². The lowest BCUT2D eigenvalue weighted by atomic mass is 9.91. The molecule has 142 valence electrons. The Balaban J connectivity index is 2.53. The van der Waals surface area contributed by atoms with Gasteiger partial charge in [0.1, 0.15) is 0 Å². The molecule has 0 radical (unpaired) electrons. The molecule has 1 atom stereocenters. The number of hydrogen-bond donors (Lipinski definition) is 1. The van der Waals surface area contributed by atoms with E-state index < -0.39 is 6.10 Å². The lowest BCUT2D eigenvalue weighted by Crippen LogP contribution is -2.13. The van der Waals surface area contributed by atoms with E-state index in [-0.39, 0.29) is 11.8 Å². The van der Waals surface area contributed by atoms with Gasteiger partial charge in [-0.2, -0.15) is 0 Å². The average Bonchev–Trinajstić information content (AvgIpc) is 2.58. The molecule has 1 N–H and O–H groups in total. The second-order valence-corrected chi connectivity index (χ2v) is 7.19. The van der Waals surface area contributed by atoms with Crippen molar-refractivity contribution in [2.45, 2.75) is 46.6 Å². The van der Waals surface area contributed by atoms with Crippen LogP contribution in [-0.2, 0) is 0 Å². The molecule has 1 aromatic heterocycles. The third-order valence-electron chi connectivity index (χ3n) is 4.51. The van der Waals surface area contributed by atoms with Gasteiger partial charge in [0.15, 0.2) is 11.5 Å². The average molecular weight is 398 g/mol. The molecule has 0 saturated heterocycles. The zero-order chi connectivity index (χ0) is 19.4. The summed E-state index contributed by atoms with van der Waals surface area (Å²) in [5.74, 6) is 1.29. The summed E-state index contributed by atoms with van der Waals surface area (Å²) >= 11 is 12.3. The number of pyridine rings is 1. The molecule has 0 amide bonds. The molecule has 2 aromatic rings. The molecule has 0 bridgehead atoms. The molecule has 1 aromatic carbocycles. The number of aliphatic hydroxyl groups excluding tert-OH is 1. The van der Waals surface area contributed by atoms with Gasteiger partial charge in [-0.3, -0.25) is 0 Å². The predicted molar refractivity (Wildman–Crippen MR) is 106 cm³/mol. The van der Waals surface area contributed by atoms with Gasteiger partial charge in [-0.05, 0) is 43.5 Å². The van der Waals surface area contributed by atoms with E-state index in [1.165, 1.54) is 0 Å². The van der Waals surface area contributed by atoms with Crippen molar-refractivity contribution in [3.05, 3.63) is 45.1 Å². The molecular formula is C20H25Cl2NO3. The summed E-state index contributed by atoms with van der Waals surface area (Å²) in [4.78, 5) is 4.45. The minimum atomic E-state index is -0.661. The summed E-state index contributed by atoms with van der Waals surface area (Å²) in [6, 6.07) is 5.23. The number of methoxy groups -OCH3 is 1. The van der Waals surface area contributed by atoms with Crippen LogP contribution in [0.15, 0.2) is 18.2 Å². The van der Waals surface area contributed by atoms with Gasteiger partial charge < -0.3 is 14.6 Å². The van der Waals surface area contributed by atoms with Gasteiger partial charge in [0.25, 0.3) is 5.88 Å². The van der Waals surface area contributed by atoms with Crippen LogP contribution in [0, 0.1) is 19.8 Å². The van der Waals surface area contributed by atoms with E-state index in [9.17, 15) is 5.11 Å². The third-order valence-corrected chi connectivity index (χ3v) is 5.01. The van der Waals surface area contributed by atoms with Crippen LogP contribution in [0.2, 0.25) is 10.0 Å². The first-order valence-electron chi connectivity index (χ1n) is 8.69. The number of aryl methyl sites for hydroxylation is 2. The Morgan fingerprint density at radius 3 is 2.27 bits per heavy atom. The van der Waals surface area contributed by atoms with Crippen LogP contribution in [0.3, 0.4) is 0 Å². The van der Waals surface area contributed by atoms with Gasteiger partial charge in [-0.1, -0.05) is 49.9 Å². The van der Waals surface area contributed by atoms with Gasteiger partial charge in [-0.25, -0.2) is 4.98 Å². The number of hydrogen-bond acceptors (Lipinski definition) is 4. The van der Waals surface area contributed by atoms with Gasteiger partial charge in [0.2, 0.25) is 0 Å². The summed E-state index contributed by atoms with van der Waals surface area (Å²) in [5, 5.41) is 11.8. The lowest BCUT2D eigenvalue weighted by molar-refractivity contribution is 0.0997. The summed E-state index contributed by atoms with van der Waals surface area (Å²) in [6.07, 6.45) is 1.06. The molecular weight excluding hydrogens is 373 g/mol. The Kier molecular flexibility index (Phi) is 7.16. The van der Waals surface area contributed by atoms with E-state index in [0.29, 0.717) is 27.1 Å². The molecule has 1 heterocycles. The maximum Gasteiger partial charge on any atom is 0.263 e. The van der Waals surface area contributed by atoms with Crippen molar-refractivity contribution >= 4 is 23.2 Å². The molecule has 0 aliphatic heterocycles. The van der Waals surface area contributed by atoms with E-state index in [1.54, 1.807) is 19.2 Å². The number of halogens is 2. The van der Waals surface area contributed by atoms with E-state index in [0.717, 1.165) is 24.1 Å². The van der Waals surface area contributed by atoms with Crippen LogP contribution >= 0.6 is 23.2 Å². The number of benzene rings is 1. The Hall–Kier alpha value is -1.49. The molecule has 0 spiro atoms. The lowest BCUT2D eigenvalue weighted by Gasteiger charge is -2.24. The molecule has 0 aliphatic carbocycles. The van der Waals surface area contributed by atoms with E-state index in [4.69, 9.17) is 32.7 Å².